The summed E-state index contributed by atoms with van der Waals surface area (Å²) in [5.41, 5.74) is 0.790. The Kier molecular flexibility index (Phi) is 13.1. The topological polar surface area (TPSA) is 133 Å². The molecule has 0 radical (unpaired) electrons. The number of benzene rings is 3. The van der Waals surface area contributed by atoms with E-state index in [-0.39, 0.29) is 47.0 Å². The lowest BCUT2D eigenvalue weighted by Crippen LogP contribution is -2.53. The van der Waals surface area contributed by atoms with Crippen molar-refractivity contribution in [2.24, 2.45) is 0 Å². The molecule has 3 rings (SSSR count). The van der Waals surface area contributed by atoms with Gasteiger partial charge in [0.2, 0.25) is 11.8 Å². The largest absolute Gasteiger partial charge is 0.497 e. The fraction of sp³-hybridized carbons (Fsp3) is 0.412. The SMILES string of the molecule is CC[C@@H](C)NC(=O)[C@@H](CC)N(Cc1ccc(OC)cc1)C(=O)CN(c1cc(OC)ccc1OC)S(=O)(=O)c1ccc(OC)c(OC)c1. The smallest absolute Gasteiger partial charge is 0.265 e. The molecule has 0 unspecified atom stereocenters. The van der Waals surface area contributed by atoms with Gasteiger partial charge in [0.25, 0.3) is 10.0 Å². The fourth-order valence-corrected chi connectivity index (χ4v) is 6.33. The van der Waals surface area contributed by atoms with Gasteiger partial charge >= 0.3 is 0 Å². The Morgan fingerprint density at radius 2 is 1.34 bits per heavy atom. The predicted molar refractivity (Wildman–Crippen MR) is 179 cm³/mol. The number of hydrogen-bond donors (Lipinski definition) is 1. The van der Waals surface area contributed by atoms with Crippen LogP contribution in [0, 0.1) is 0 Å². The third-order valence-corrected chi connectivity index (χ3v) is 9.53. The Morgan fingerprint density at radius 3 is 1.89 bits per heavy atom. The van der Waals surface area contributed by atoms with E-state index in [2.05, 4.69) is 5.32 Å². The number of hydrogen-bond acceptors (Lipinski definition) is 9. The summed E-state index contributed by atoms with van der Waals surface area (Å²) >= 11 is 0. The van der Waals surface area contributed by atoms with Crippen molar-refractivity contribution in [3.05, 3.63) is 66.2 Å². The van der Waals surface area contributed by atoms with Crippen molar-refractivity contribution in [2.75, 3.05) is 46.4 Å². The van der Waals surface area contributed by atoms with Gasteiger partial charge in [0, 0.05) is 24.7 Å². The molecule has 0 heterocycles. The molecular formula is C34H45N3O9S. The first-order chi connectivity index (χ1) is 22.5. The highest BCUT2D eigenvalue weighted by Crippen LogP contribution is 2.38. The zero-order valence-electron chi connectivity index (χ0n) is 28.2. The molecular weight excluding hydrogens is 626 g/mol. The molecule has 0 saturated heterocycles. The molecule has 0 saturated carbocycles. The van der Waals surface area contributed by atoms with E-state index in [1.54, 1.807) is 50.4 Å². The second-order valence-corrected chi connectivity index (χ2v) is 12.5. The van der Waals surface area contributed by atoms with Crippen molar-refractivity contribution < 1.29 is 41.7 Å². The van der Waals surface area contributed by atoms with Crippen molar-refractivity contribution in [2.45, 2.75) is 57.1 Å². The van der Waals surface area contributed by atoms with Crippen LogP contribution >= 0.6 is 0 Å². The number of sulfonamides is 1. The van der Waals surface area contributed by atoms with Crippen LogP contribution in [-0.4, -0.2) is 79.3 Å². The summed E-state index contributed by atoms with van der Waals surface area (Å²) in [6.45, 7) is 5.01. The van der Waals surface area contributed by atoms with Crippen molar-refractivity contribution in [3.8, 4) is 28.7 Å². The molecule has 12 nitrogen and oxygen atoms in total. The number of carbonyl (C=O) groups excluding carboxylic acids is 2. The minimum Gasteiger partial charge on any atom is -0.497 e. The number of amides is 2. The lowest BCUT2D eigenvalue weighted by atomic mass is 10.1. The van der Waals surface area contributed by atoms with E-state index in [0.29, 0.717) is 23.7 Å². The van der Waals surface area contributed by atoms with Crippen LogP contribution in [-0.2, 0) is 26.2 Å². The van der Waals surface area contributed by atoms with E-state index in [1.165, 1.54) is 57.6 Å². The van der Waals surface area contributed by atoms with Gasteiger partial charge in [-0.15, -0.1) is 0 Å². The van der Waals surface area contributed by atoms with Crippen LogP contribution in [0.5, 0.6) is 28.7 Å². The minimum atomic E-state index is -4.46. The molecule has 0 aromatic heterocycles. The van der Waals surface area contributed by atoms with Crippen LogP contribution in [0.4, 0.5) is 5.69 Å². The number of nitrogens with one attached hydrogen (secondary N) is 1. The summed E-state index contributed by atoms with van der Waals surface area (Å²) in [5.74, 6) is 0.729. The Balaban J connectivity index is 2.19. The first-order valence-corrected chi connectivity index (χ1v) is 16.6. The van der Waals surface area contributed by atoms with Gasteiger partial charge in [0.15, 0.2) is 11.5 Å². The Morgan fingerprint density at radius 1 is 0.745 bits per heavy atom. The first-order valence-electron chi connectivity index (χ1n) is 15.2. The fourth-order valence-electron chi connectivity index (χ4n) is 4.90. The number of rotatable bonds is 17. The van der Waals surface area contributed by atoms with Gasteiger partial charge in [0.05, 0.1) is 46.1 Å². The highest BCUT2D eigenvalue weighted by molar-refractivity contribution is 7.92. The molecule has 0 aliphatic heterocycles. The zero-order valence-corrected chi connectivity index (χ0v) is 29.1. The van der Waals surface area contributed by atoms with Crippen molar-refractivity contribution in [3.63, 3.8) is 0 Å². The van der Waals surface area contributed by atoms with E-state index in [0.717, 1.165) is 9.87 Å². The van der Waals surface area contributed by atoms with Crippen LogP contribution < -0.4 is 33.3 Å². The number of ether oxygens (including phenoxy) is 5. The van der Waals surface area contributed by atoms with E-state index in [1.807, 2.05) is 13.8 Å². The van der Waals surface area contributed by atoms with E-state index >= 15 is 0 Å². The van der Waals surface area contributed by atoms with Crippen molar-refractivity contribution >= 4 is 27.5 Å². The Bertz CT molecular complexity index is 1610. The summed E-state index contributed by atoms with van der Waals surface area (Å²) in [6.07, 6.45) is 0.983. The second-order valence-electron chi connectivity index (χ2n) is 10.7. The molecule has 2 atom stereocenters. The quantitative estimate of drug-likeness (QED) is 0.218. The van der Waals surface area contributed by atoms with Gasteiger partial charge in [-0.25, -0.2) is 8.42 Å². The van der Waals surface area contributed by atoms with Crippen LogP contribution in [0.25, 0.3) is 0 Å². The lowest BCUT2D eigenvalue weighted by Gasteiger charge is -2.34. The Hall–Kier alpha value is -4.65. The van der Waals surface area contributed by atoms with Gasteiger partial charge in [-0.2, -0.15) is 0 Å². The molecule has 47 heavy (non-hydrogen) atoms. The first kappa shape index (κ1) is 36.8. The molecule has 0 aliphatic rings. The molecule has 13 heteroatoms. The normalized spacial score (nSPS) is 12.3. The van der Waals surface area contributed by atoms with Gasteiger partial charge in [-0.05, 0) is 61.7 Å². The van der Waals surface area contributed by atoms with Gasteiger partial charge in [0.1, 0.15) is 29.8 Å². The lowest BCUT2D eigenvalue weighted by molar-refractivity contribution is -0.140. The third kappa shape index (κ3) is 8.79. The summed E-state index contributed by atoms with van der Waals surface area (Å²) in [7, 11) is 2.78. The standard InChI is InChI=1S/C34H45N3O9S/c1-9-23(3)35-34(39)28(10-2)36(21-24-11-13-25(42-4)14-12-24)33(38)22-37(29-19-26(43-5)15-17-30(29)44-6)47(40,41)27-16-18-31(45-7)32(20-27)46-8/h11-20,23,28H,9-10,21-22H2,1-8H3,(H,35,39)/t23-,28-/m1/s1. The molecule has 2 amide bonds. The molecule has 256 valence electrons. The van der Waals surface area contributed by atoms with Crippen LogP contribution in [0.2, 0.25) is 0 Å². The maximum absolute atomic E-state index is 14.5. The summed E-state index contributed by atoms with van der Waals surface area (Å²) in [5, 5.41) is 2.97. The van der Waals surface area contributed by atoms with Crippen LogP contribution in [0.15, 0.2) is 65.6 Å². The highest BCUT2D eigenvalue weighted by atomic mass is 32.2. The molecule has 0 bridgehead atoms. The average molecular weight is 672 g/mol. The molecule has 0 aliphatic carbocycles. The van der Waals surface area contributed by atoms with Crippen LogP contribution in [0.1, 0.15) is 39.2 Å². The number of nitrogens with zero attached hydrogens (tertiary/aromatic N) is 2. The summed E-state index contributed by atoms with van der Waals surface area (Å²) in [4.78, 5) is 29.3. The Labute approximate surface area is 277 Å². The predicted octanol–water partition coefficient (Wildman–Crippen LogP) is 4.65. The third-order valence-electron chi connectivity index (χ3n) is 7.78. The molecule has 3 aromatic carbocycles. The van der Waals surface area contributed by atoms with Gasteiger partial charge < -0.3 is 33.9 Å². The maximum Gasteiger partial charge on any atom is 0.265 e. The maximum atomic E-state index is 14.5. The molecule has 0 spiro atoms. The van der Waals surface area contributed by atoms with Crippen molar-refractivity contribution in [1.29, 1.82) is 0 Å². The van der Waals surface area contributed by atoms with E-state index in [9.17, 15) is 18.0 Å². The van der Waals surface area contributed by atoms with Gasteiger partial charge in [-0.1, -0.05) is 26.0 Å². The number of carbonyl (C=O) groups is 2. The number of anilines is 1. The highest BCUT2D eigenvalue weighted by Gasteiger charge is 2.35. The van der Waals surface area contributed by atoms with Crippen LogP contribution in [0.3, 0.4) is 0 Å². The molecule has 0 fully saturated rings. The molecule has 1 N–H and O–H groups in total. The zero-order chi connectivity index (χ0) is 34.7. The van der Waals surface area contributed by atoms with Gasteiger partial charge in [-0.3, -0.25) is 13.9 Å². The monoisotopic (exact) mass is 671 g/mol. The summed E-state index contributed by atoms with van der Waals surface area (Å²) < 4.78 is 56.8. The minimum absolute atomic E-state index is 0.0365. The number of methoxy groups -OCH3 is 5. The van der Waals surface area contributed by atoms with E-state index in [4.69, 9.17) is 23.7 Å². The van der Waals surface area contributed by atoms with Crippen molar-refractivity contribution in [1.82, 2.24) is 10.2 Å². The summed E-state index contributed by atoms with van der Waals surface area (Å²) in [6, 6.07) is 14.9. The second kappa shape index (κ2) is 16.8. The van der Waals surface area contributed by atoms with E-state index < -0.39 is 28.5 Å². The molecule has 3 aromatic rings. The average Bonchev–Trinajstić information content (AvgIpc) is 3.09.